The summed E-state index contributed by atoms with van der Waals surface area (Å²) in [7, 11) is 0. The highest BCUT2D eigenvalue weighted by molar-refractivity contribution is 9.10. The Morgan fingerprint density at radius 3 is 2.88 bits per heavy atom. The van der Waals surface area contributed by atoms with Gasteiger partial charge in [-0.15, -0.1) is 0 Å². The van der Waals surface area contributed by atoms with Gasteiger partial charge in [0, 0.05) is 11.1 Å². The van der Waals surface area contributed by atoms with Crippen molar-refractivity contribution in [1.29, 1.82) is 0 Å². The SMILES string of the molecule is C[C@H](NCc1occc1Br)c1cccc(Cl)c1. The molecule has 0 saturated heterocycles. The monoisotopic (exact) mass is 313 g/mol. The Kier molecular flexibility index (Phi) is 4.26. The molecule has 0 aliphatic carbocycles. The highest BCUT2D eigenvalue weighted by atomic mass is 79.9. The lowest BCUT2D eigenvalue weighted by Crippen LogP contribution is -2.17. The molecule has 2 nitrogen and oxygen atoms in total. The van der Waals surface area contributed by atoms with E-state index in [0.29, 0.717) is 6.54 Å². The van der Waals surface area contributed by atoms with Crippen LogP contribution in [0.3, 0.4) is 0 Å². The summed E-state index contributed by atoms with van der Waals surface area (Å²) < 4.78 is 6.33. The van der Waals surface area contributed by atoms with E-state index in [0.717, 1.165) is 15.3 Å². The van der Waals surface area contributed by atoms with E-state index in [1.807, 2.05) is 24.3 Å². The van der Waals surface area contributed by atoms with E-state index in [1.165, 1.54) is 5.56 Å². The van der Waals surface area contributed by atoms with Crippen molar-refractivity contribution in [1.82, 2.24) is 5.32 Å². The number of hydrogen-bond acceptors (Lipinski definition) is 2. The molecule has 0 unspecified atom stereocenters. The molecule has 0 amide bonds. The third-order valence-corrected chi connectivity index (χ3v) is 3.55. The first-order valence-corrected chi connectivity index (χ1v) is 6.54. The van der Waals surface area contributed by atoms with Crippen molar-refractivity contribution >= 4 is 27.5 Å². The summed E-state index contributed by atoms with van der Waals surface area (Å²) in [4.78, 5) is 0. The van der Waals surface area contributed by atoms with E-state index in [1.54, 1.807) is 6.26 Å². The summed E-state index contributed by atoms with van der Waals surface area (Å²) in [5.41, 5.74) is 1.17. The third-order valence-electron chi connectivity index (χ3n) is 2.61. The molecule has 1 atom stereocenters. The van der Waals surface area contributed by atoms with Crippen LogP contribution in [-0.2, 0) is 6.54 Å². The van der Waals surface area contributed by atoms with Crippen LogP contribution in [0.1, 0.15) is 24.3 Å². The van der Waals surface area contributed by atoms with E-state index in [9.17, 15) is 0 Å². The van der Waals surface area contributed by atoms with Gasteiger partial charge in [0.2, 0.25) is 0 Å². The number of benzene rings is 1. The Balaban J connectivity index is 1.98. The predicted octanol–water partition coefficient (Wildman–Crippen LogP) is 4.55. The molecule has 1 N–H and O–H groups in total. The first-order chi connectivity index (χ1) is 8.16. The second kappa shape index (κ2) is 5.71. The van der Waals surface area contributed by atoms with Crippen LogP contribution in [-0.4, -0.2) is 0 Å². The van der Waals surface area contributed by atoms with Crippen LogP contribution in [0.15, 0.2) is 45.5 Å². The van der Waals surface area contributed by atoms with Crippen molar-refractivity contribution in [2.75, 3.05) is 0 Å². The summed E-state index contributed by atoms with van der Waals surface area (Å²) in [6, 6.07) is 9.98. The molecular weight excluding hydrogens is 302 g/mol. The van der Waals surface area contributed by atoms with Crippen LogP contribution in [0, 0.1) is 0 Å². The quantitative estimate of drug-likeness (QED) is 0.896. The second-order valence-corrected chi connectivity index (χ2v) is 5.14. The van der Waals surface area contributed by atoms with Gasteiger partial charge in [-0.25, -0.2) is 0 Å². The fraction of sp³-hybridized carbons (Fsp3) is 0.231. The molecular formula is C13H13BrClNO. The van der Waals surface area contributed by atoms with Gasteiger partial charge in [-0.2, -0.15) is 0 Å². The Hall–Kier alpha value is -0.770. The first kappa shape index (κ1) is 12.7. The summed E-state index contributed by atoms with van der Waals surface area (Å²) in [6.07, 6.45) is 1.67. The summed E-state index contributed by atoms with van der Waals surface area (Å²) in [5, 5.41) is 4.15. The van der Waals surface area contributed by atoms with Gasteiger partial charge in [-0.05, 0) is 46.6 Å². The van der Waals surface area contributed by atoms with Crippen molar-refractivity contribution in [2.24, 2.45) is 0 Å². The van der Waals surface area contributed by atoms with Crippen molar-refractivity contribution in [2.45, 2.75) is 19.5 Å². The molecule has 0 aliphatic rings. The zero-order valence-corrected chi connectivity index (χ0v) is 11.8. The van der Waals surface area contributed by atoms with Gasteiger partial charge in [0.15, 0.2) is 0 Å². The molecule has 4 heteroatoms. The number of halogens is 2. The maximum Gasteiger partial charge on any atom is 0.131 e. The average Bonchev–Trinajstić information content (AvgIpc) is 2.72. The van der Waals surface area contributed by atoms with Gasteiger partial charge in [-0.3, -0.25) is 0 Å². The fourth-order valence-electron chi connectivity index (χ4n) is 1.59. The maximum atomic E-state index is 5.96. The molecule has 1 aromatic carbocycles. The summed E-state index contributed by atoms with van der Waals surface area (Å²) >= 11 is 9.39. The Labute approximate surface area is 114 Å². The van der Waals surface area contributed by atoms with Crippen molar-refractivity contribution in [3.63, 3.8) is 0 Å². The zero-order chi connectivity index (χ0) is 12.3. The standard InChI is InChI=1S/C13H13BrClNO/c1-9(10-3-2-4-11(15)7-10)16-8-13-12(14)5-6-17-13/h2-7,9,16H,8H2,1H3/t9-/m0/s1. The molecule has 0 aliphatic heterocycles. The average molecular weight is 315 g/mol. The van der Waals surface area contributed by atoms with Crippen molar-refractivity contribution in [3.05, 3.63) is 57.4 Å². The van der Waals surface area contributed by atoms with Gasteiger partial charge in [0.1, 0.15) is 5.76 Å². The lowest BCUT2D eigenvalue weighted by molar-refractivity contribution is 0.458. The molecule has 90 valence electrons. The van der Waals surface area contributed by atoms with Crippen LogP contribution in [0.2, 0.25) is 5.02 Å². The number of nitrogens with one attached hydrogen (secondary N) is 1. The van der Waals surface area contributed by atoms with Crippen LogP contribution in [0.25, 0.3) is 0 Å². The first-order valence-electron chi connectivity index (χ1n) is 5.37. The second-order valence-electron chi connectivity index (χ2n) is 3.85. The van der Waals surface area contributed by atoms with E-state index < -0.39 is 0 Å². The molecule has 0 fully saturated rings. The van der Waals surface area contributed by atoms with Crippen LogP contribution in [0.5, 0.6) is 0 Å². The normalized spacial score (nSPS) is 12.6. The van der Waals surface area contributed by atoms with E-state index >= 15 is 0 Å². The molecule has 0 bridgehead atoms. The van der Waals surface area contributed by atoms with Gasteiger partial charge in [-0.1, -0.05) is 23.7 Å². The van der Waals surface area contributed by atoms with Crippen molar-refractivity contribution < 1.29 is 4.42 Å². The zero-order valence-electron chi connectivity index (χ0n) is 9.41. The highest BCUT2D eigenvalue weighted by Gasteiger charge is 2.08. The minimum absolute atomic E-state index is 0.227. The molecule has 1 aromatic heterocycles. The molecule has 2 rings (SSSR count). The van der Waals surface area contributed by atoms with Crippen LogP contribution in [0.4, 0.5) is 0 Å². The minimum atomic E-state index is 0.227. The van der Waals surface area contributed by atoms with Gasteiger partial charge < -0.3 is 9.73 Å². The summed E-state index contributed by atoms with van der Waals surface area (Å²) in [6.45, 7) is 2.78. The lowest BCUT2D eigenvalue weighted by atomic mass is 10.1. The largest absolute Gasteiger partial charge is 0.467 e. The minimum Gasteiger partial charge on any atom is -0.467 e. The van der Waals surface area contributed by atoms with Crippen molar-refractivity contribution in [3.8, 4) is 0 Å². The molecule has 0 radical (unpaired) electrons. The number of rotatable bonds is 4. The van der Waals surface area contributed by atoms with Gasteiger partial charge in [0.25, 0.3) is 0 Å². The molecule has 17 heavy (non-hydrogen) atoms. The summed E-state index contributed by atoms with van der Waals surface area (Å²) in [5.74, 6) is 0.902. The Bertz CT molecular complexity index is 498. The third kappa shape index (κ3) is 3.35. The highest BCUT2D eigenvalue weighted by Crippen LogP contribution is 2.20. The smallest absolute Gasteiger partial charge is 0.131 e. The number of hydrogen-bond donors (Lipinski definition) is 1. The molecule has 1 heterocycles. The topological polar surface area (TPSA) is 25.2 Å². The molecule has 2 aromatic rings. The van der Waals surface area contributed by atoms with Gasteiger partial charge in [0.05, 0.1) is 17.3 Å². The van der Waals surface area contributed by atoms with E-state index in [-0.39, 0.29) is 6.04 Å². The van der Waals surface area contributed by atoms with E-state index in [4.69, 9.17) is 16.0 Å². The Morgan fingerprint density at radius 2 is 2.24 bits per heavy atom. The number of furan rings is 1. The molecule has 0 saturated carbocycles. The maximum absolute atomic E-state index is 5.96. The lowest BCUT2D eigenvalue weighted by Gasteiger charge is -2.13. The predicted molar refractivity (Wildman–Crippen MR) is 73.1 cm³/mol. The van der Waals surface area contributed by atoms with E-state index in [2.05, 4.69) is 34.2 Å². The van der Waals surface area contributed by atoms with Gasteiger partial charge >= 0.3 is 0 Å². The van der Waals surface area contributed by atoms with Crippen LogP contribution < -0.4 is 5.32 Å². The van der Waals surface area contributed by atoms with Crippen LogP contribution >= 0.6 is 27.5 Å². The Morgan fingerprint density at radius 1 is 1.41 bits per heavy atom. The molecule has 0 spiro atoms. The fourth-order valence-corrected chi connectivity index (χ4v) is 2.13.